The minimum atomic E-state index is -0.589. The second kappa shape index (κ2) is 7.88. The first-order valence-corrected chi connectivity index (χ1v) is 10.4. The van der Waals surface area contributed by atoms with Crippen molar-refractivity contribution < 1.29 is 23.6 Å². The molecule has 5 rings (SSSR count). The Morgan fingerprint density at radius 3 is 2.53 bits per heavy atom. The van der Waals surface area contributed by atoms with Gasteiger partial charge < -0.3 is 18.8 Å². The van der Waals surface area contributed by atoms with Crippen LogP contribution in [0.2, 0.25) is 0 Å². The Morgan fingerprint density at radius 1 is 1.12 bits per heavy atom. The molecular formula is C22H22N4O6. The van der Waals surface area contributed by atoms with E-state index in [4.69, 9.17) is 13.9 Å². The predicted octanol–water partition coefficient (Wildman–Crippen LogP) is 3.33. The molecular weight excluding hydrogens is 416 g/mol. The molecule has 4 heterocycles. The van der Waals surface area contributed by atoms with E-state index >= 15 is 0 Å². The summed E-state index contributed by atoms with van der Waals surface area (Å²) < 4.78 is 18.6. The summed E-state index contributed by atoms with van der Waals surface area (Å²) in [7, 11) is 0. The summed E-state index contributed by atoms with van der Waals surface area (Å²) in [6.07, 6.45) is 1.18. The van der Waals surface area contributed by atoms with Gasteiger partial charge in [-0.15, -0.1) is 0 Å². The molecule has 0 atom stereocenters. The Labute approximate surface area is 183 Å². The number of nitro benzene ring substituents is 1. The van der Waals surface area contributed by atoms with E-state index in [-0.39, 0.29) is 11.6 Å². The van der Waals surface area contributed by atoms with Crippen molar-refractivity contribution in [3.8, 4) is 17.1 Å². The molecule has 0 saturated carbocycles. The molecule has 0 bridgehead atoms. The highest BCUT2D eigenvalue weighted by molar-refractivity contribution is 5.94. The van der Waals surface area contributed by atoms with E-state index in [0.717, 1.165) is 5.76 Å². The lowest BCUT2D eigenvalue weighted by atomic mass is 10.0. The van der Waals surface area contributed by atoms with Crippen molar-refractivity contribution in [3.63, 3.8) is 0 Å². The molecule has 2 saturated heterocycles. The van der Waals surface area contributed by atoms with Gasteiger partial charge in [0.15, 0.2) is 11.5 Å². The largest absolute Gasteiger partial charge is 0.460 e. The summed E-state index contributed by atoms with van der Waals surface area (Å²) in [6, 6.07) is 11.3. The fraction of sp³-hybridized carbons (Fsp3) is 0.364. The van der Waals surface area contributed by atoms with Gasteiger partial charge in [0, 0.05) is 44.1 Å². The molecule has 0 radical (unpaired) electrons. The molecule has 0 aliphatic carbocycles. The van der Waals surface area contributed by atoms with Gasteiger partial charge >= 0.3 is 0 Å². The van der Waals surface area contributed by atoms with Crippen LogP contribution in [0, 0.1) is 17.0 Å². The third kappa shape index (κ3) is 3.67. The molecule has 1 aromatic carbocycles. The number of benzene rings is 1. The summed E-state index contributed by atoms with van der Waals surface area (Å²) in [5.41, 5.74) is 1.12. The monoisotopic (exact) mass is 438 g/mol. The lowest BCUT2D eigenvalue weighted by molar-refractivity contribution is -0.384. The number of nitrogens with zero attached hydrogens (tertiary/aromatic N) is 4. The van der Waals surface area contributed by atoms with Gasteiger partial charge in [-0.05, 0) is 25.1 Å². The van der Waals surface area contributed by atoms with Crippen molar-refractivity contribution in [2.45, 2.75) is 25.6 Å². The third-order valence-electron chi connectivity index (χ3n) is 5.83. The molecule has 2 aliphatic heterocycles. The van der Waals surface area contributed by atoms with Crippen LogP contribution in [0.1, 0.15) is 29.1 Å². The summed E-state index contributed by atoms with van der Waals surface area (Å²) in [5, 5.41) is 15.8. The lowest BCUT2D eigenvalue weighted by Crippen LogP contribution is -2.47. The summed E-state index contributed by atoms with van der Waals surface area (Å²) >= 11 is 0. The Morgan fingerprint density at radius 2 is 1.88 bits per heavy atom. The number of ether oxygens (including phenoxy) is 2. The van der Waals surface area contributed by atoms with Crippen molar-refractivity contribution in [2.75, 3.05) is 26.3 Å². The second-order valence-corrected chi connectivity index (χ2v) is 7.91. The van der Waals surface area contributed by atoms with Gasteiger partial charge in [0.05, 0.1) is 23.8 Å². The number of hydrogen-bond acceptors (Lipinski definition) is 7. The van der Waals surface area contributed by atoms with Gasteiger partial charge in [0.2, 0.25) is 0 Å². The zero-order valence-corrected chi connectivity index (χ0v) is 17.5. The molecule has 32 heavy (non-hydrogen) atoms. The topological polar surface area (TPSA) is 113 Å². The molecule has 0 N–H and O–H groups in total. The van der Waals surface area contributed by atoms with Gasteiger partial charge in [-0.3, -0.25) is 14.9 Å². The van der Waals surface area contributed by atoms with Crippen molar-refractivity contribution in [1.82, 2.24) is 14.7 Å². The molecule has 2 fully saturated rings. The quantitative estimate of drug-likeness (QED) is 0.453. The minimum Gasteiger partial charge on any atom is -0.460 e. The van der Waals surface area contributed by atoms with E-state index < -0.39 is 10.7 Å². The normalized spacial score (nSPS) is 17.7. The highest BCUT2D eigenvalue weighted by atomic mass is 16.7. The van der Waals surface area contributed by atoms with Gasteiger partial charge in [-0.25, -0.2) is 4.68 Å². The number of hydrogen-bond donors (Lipinski definition) is 0. The number of nitro groups is 1. The standard InChI is InChI=1S/C22H22N4O6/c1-15-5-6-20(32-15)18-14-19(25(23-18)16-3-2-4-17(13-16)26(28)29)21(27)24-9-7-22(8-10-24)30-11-12-31-22/h2-6,13-14H,7-12H2,1H3. The summed E-state index contributed by atoms with van der Waals surface area (Å²) in [6.45, 7) is 3.92. The molecule has 1 amide bonds. The van der Waals surface area contributed by atoms with Crippen LogP contribution < -0.4 is 0 Å². The highest BCUT2D eigenvalue weighted by Crippen LogP contribution is 2.32. The molecule has 1 spiro atoms. The number of likely N-dealkylation sites (tertiary alicyclic amines) is 1. The van der Waals surface area contributed by atoms with E-state index in [9.17, 15) is 14.9 Å². The van der Waals surface area contributed by atoms with Gasteiger partial charge in [0.25, 0.3) is 11.6 Å². The number of amides is 1. The molecule has 2 aromatic heterocycles. The molecule has 166 valence electrons. The van der Waals surface area contributed by atoms with Crippen molar-refractivity contribution >= 4 is 11.6 Å². The van der Waals surface area contributed by atoms with Crippen LogP contribution in [0.4, 0.5) is 5.69 Å². The molecule has 2 aliphatic rings. The van der Waals surface area contributed by atoms with E-state index in [2.05, 4.69) is 5.10 Å². The zero-order chi connectivity index (χ0) is 22.3. The fourth-order valence-electron chi connectivity index (χ4n) is 4.16. The Kier molecular flexibility index (Phi) is 5.03. The lowest BCUT2D eigenvalue weighted by Gasteiger charge is -2.37. The molecule has 10 heteroatoms. The summed E-state index contributed by atoms with van der Waals surface area (Å²) in [4.78, 5) is 26.0. The third-order valence-corrected chi connectivity index (χ3v) is 5.83. The van der Waals surface area contributed by atoms with Crippen molar-refractivity contribution in [3.05, 3.63) is 64.0 Å². The van der Waals surface area contributed by atoms with Gasteiger partial charge in [-0.1, -0.05) is 6.07 Å². The SMILES string of the molecule is Cc1ccc(-c2cc(C(=O)N3CCC4(CC3)OCCO4)n(-c3cccc([N+](=O)[O-])c3)n2)o1. The average molecular weight is 438 g/mol. The average Bonchev–Trinajstić information content (AvgIpc) is 3.54. The van der Waals surface area contributed by atoms with Gasteiger partial charge in [0.1, 0.15) is 17.1 Å². The first-order chi connectivity index (χ1) is 15.4. The second-order valence-electron chi connectivity index (χ2n) is 7.91. The Hall–Kier alpha value is -3.50. The number of carbonyl (C=O) groups is 1. The van der Waals surface area contributed by atoms with Crippen LogP contribution in [0.5, 0.6) is 0 Å². The number of furan rings is 1. The highest BCUT2D eigenvalue weighted by Gasteiger charge is 2.41. The van der Waals surface area contributed by atoms with Crippen molar-refractivity contribution in [1.29, 1.82) is 0 Å². The van der Waals surface area contributed by atoms with Crippen LogP contribution in [0.3, 0.4) is 0 Å². The molecule has 0 unspecified atom stereocenters. The van der Waals surface area contributed by atoms with E-state index in [1.54, 1.807) is 29.2 Å². The predicted molar refractivity (Wildman–Crippen MR) is 112 cm³/mol. The number of piperidine rings is 1. The molecule has 3 aromatic rings. The number of non-ortho nitro benzene ring substituents is 1. The van der Waals surface area contributed by atoms with Crippen molar-refractivity contribution in [2.24, 2.45) is 0 Å². The fourth-order valence-corrected chi connectivity index (χ4v) is 4.16. The number of carbonyl (C=O) groups excluding carboxylic acids is 1. The molecule has 10 nitrogen and oxygen atoms in total. The first kappa shape index (κ1) is 20.4. The maximum Gasteiger partial charge on any atom is 0.272 e. The Balaban J connectivity index is 1.50. The summed E-state index contributed by atoms with van der Waals surface area (Å²) in [5.74, 6) is 0.432. The maximum absolute atomic E-state index is 13.5. The smallest absolute Gasteiger partial charge is 0.272 e. The minimum absolute atomic E-state index is 0.0813. The van der Waals surface area contributed by atoms with E-state index in [0.29, 0.717) is 62.0 Å². The zero-order valence-electron chi connectivity index (χ0n) is 17.5. The van der Waals surface area contributed by atoms with Crippen LogP contribution in [-0.2, 0) is 9.47 Å². The van der Waals surface area contributed by atoms with E-state index in [1.165, 1.54) is 16.8 Å². The van der Waals surface area contributed by atoms with E-state index in [1.807, 2.05) is 13.0 Å². The number of aromatic nitrogens is 2. The van der Waals surface area contributed by atoms with Gasteiger partial charge in [-0.2, -0.15) is 5.10 Å². The first-order valence-electron chi connectivity index (χ1n) is 10.4. The van der Waals surface area contributed by atoms with Crippen LogP contribution in [-0.4, -0.2) is 57.6 Å². The van der Waals surface area contributed by atoms with Crippen LogP contribution in [0.15, 0.2) is 46.9 Å². The number of rotatable bonds is 4. The van der Waals surface area contributed by atoms with Crippen LogP contribution in [0.25, 0.3) is 17.1 Å². The Bertz CT molecular complexity index is 1170. The van der Waals surface area contributed by atoms with Crippen LogP contribution >= 0.6 is 0 Å². The number of aryl methyl sites for hydroxylation is 1. The maximum atomic E-state index is 13.5.